The molecule has 0 aliphatic heterocycles. The quantitative estimate of drug-likeness (QED) is 0.634. The van der Waals surface area contributed by atoms with Crippen LogP contribution in [0, 0.1) is 6.92 Å². The van der Waals surface area contributed by atoms with Gasteiger partial charge in [-0.2, -0.15) is 4.98 Å². The Kier molecular flexibility index (Phi) is 5.35. The summed E-state index contributed by atoms with van der Waals surface area (Å²) in [6.07, 6.45) is 1.50. The molecule has 2 N–H and O–H groups in total. The van der Waals surface area contributed by atoms with Crippen LogP contribution in [0.2, 0.25) is 0 Å². The lowest BCUT2D eigenvalue weighted by Gasteiger charge is -2.05. The fraction of sp³-hybridized carbons (Fsp3) is 0.250. The number of hydrogen-bond acceptors (Lipinski definition) is 7. The van der Waals surface area contributed by atoms with Gasteiger partial charge >= 0.3 is 0 Å². The molecule has 0 spiro atoms. The monoisotopic (exact) mass is 438 g/mol. The number of aromatic nitrogens is 3. The predicted molar refractivity (Wildman–Crippen MR) is 102 cm³/mol. The number of methoxy groups -OCH3 is 2. The molecule has 26 heavy (non-hydrogen) atoms. The van der Waals surface area contributed by atoms with Gasteiger partial charge in [0.2, 0.25) is 5.88 Å². The van der Waals surface area contributed by atoms with Crippen molar-refractivity contribution in [2.75, 3.05) is 19.5 Å². The van der Waals surface area contributed by atoms with Crippen LogP contribution >= 0.6 is 27.3 Å². The first-order valence-corrected chi connectivity index (χ1v) is 9.08. The Morgan fingerprint density at radius 2 is 2.15 bits per heavy atom. The zero-order valence-electron chi connectivity index (χ0n) is 14.2. The summed E-state index contributed by atoms with van der Waals surface area (Å²) in [5.74, 6) is 0.452. The zero-order valence-corrected chi connectivity index (χ0v) is 16.6. The van der Waals surface area contributed by atoms with Crippen LogP contribution in [0.4, 0.5) is 5.69 Å². The highest BCUT2D eigenvalue weighted by molar-refractivity contribution is 9.10. The van der Waals surface area contributed by atoms with Crippen molar-refractivity contribution in [2.24, 2.45) is 0 Å². The fourth-order valence-electron chi connectivity index (χ4n) is 2.43. The minimum Gasteiger partial charge on any atom is -0.480 e. The Bertz CT molecular complexity index is 1050. The number of nitrogens with one attached hydrogen (secondary N) is 2. The molecule has 136 valence electrons. The zero-order chi connectivity index (χ0) is 18.8. The molecule has 0 atom stereocenters. The van der Waals surface area contributed by atoms with Gasteiger partial charge in [0.15, 0.2) is 5.82 Å². The number of amides is 1. The van der Waals surface area contributed by atoms with E-state index in [1.807, 2.05) is 0 Å². The van der Waals surface area contributed by atoms with Crippen molar-refractivity contribution in [2.45, 2.75) is 13.5 Å². The number of fused-ring (bicyclic) bond motifs is 1. The van der Waals surface area contributed by atoms with Gasteiger partial charge in [-0.1, -0.05) is 0 Å². The van der Waals surface area contributed by atoms with Gasteiger partial charge in [0, 0.05) is 17.8 Å². The molecule has 0 bridgehead atoms. The first kappa shape index (κ1) is 18.5. The number of aromatic amines is 1. The van der Waals surface area contributed by atoms with E-state index in [0.717, 1.165) is 0 Å². The van der Waals surface area contributed by atoms with Crippen molar-refractivity contribution in [3.05, 3.63) is 43.4 Å². The third-order valence-corrected chi connectivity index (χ3v) is 5.23. The summed E-state index contributed by atoms with van der Waals surface area (Å²) in [6, 6.07) is 1.54. The highest BCUT2D eigenvalue weighted by Gasteiger charge is 2.21. The standard InChI is InChI=1S/C16H15BrN4O4S/c1-7-11-15(25-3)20-10(6-24-2)21-16(11)26-12(7)14(23)19-9-4-8(17)5-18-13(9)22/h4-5H,6H2,1-3H3,(H,18,22)(H,19,23). The second-order valence-corrected chi connectivity index (χ2v) is 7.25. The Hall–Kier alpha value is -2.30. The maximum absolute atomic E-state index is 12.7. The van der Waals surface area contributed by atoms with Crippen LogP contribution in [0.25, 0.3) is 10.2 Å². The average molecular weight is 439 g/mol. The van der Waals surface area contributed by atoms with E-state index in [9.17, 15) is 9.59 Å². The normalized spacial score (nSPS) is 10.9. The molecule has 3 aromatic heterocycles. The number of rotatable bonds is 5. The third-order valence-electron chi connectivity index (χ3n) is 3.59. The summed E-state index contributed by atoms with van der Waals surface area (Å²) >= 11 is 4.47. The van der Waals surface area contributed by atoms with Gasteiger partial charge in [-0.15, -0.1) is 11.3 Å². The van der Waals surface area contributed by atoms with Crippen molar-refractivity contribution in [3.63, 3.8) is 0 Å². The predicted octanol–water partition coefficient (Wildman–Crippen LogP) is 2.86. The topological polar surface area (TPSA) is 106 Å². The van der Waals surface area contributed by atoms with Gasteiger partial charge in [0.05, 0.1) is 17.4 Å². The van der Waals surface area contributed by atoms with E-state index in [-0.39, 0.29) is 17.9 Å². The number of carbonyl (C=O) groups excluding carboxylic acids is 1. The summed E-state index contributed by atoms with van der Waals surface area (Å²) in [5.41, 5.74) is 0.453. The van der Waals surface area contributed by atoms with Crippen LogP contribution in [0.1, 0.15) is 21.1 Å². The lowest BCUT2D eigenvalue weighted by molar-refractivity contribution is 0.103. The van der Waals surface area contributed by atoms with Gasteiger partial charge in [-0.3, -0.25) is 9.59 Å². The smallest absolute Gasteiger partial charge is 0.271 e. The number of nitrogens with zero attached hydrogens (tertiary/aromatic N) is 2. The lowest BCUT2D eigenvalue weighted by Crippen LogP contribution is -2.19. The number of ether oxygens (including phenoxy) is 2. The number of H-pyrrole nitrogens is 1. The van der Waals surface area contributed by atoms with E-state index in [2.05, 4.69) is 36.2 Å². The largest absolute Gasteiger partial charge is 0.480 e. The highest BCUT2D eigenvalue weighted by atomic mass is 79.9. The minimum absolute atomic E-state index is 0.152. The molecule has 3 aromatic rings. The summed E-state index contributed by atoms with van der Waals surface area (Å²) in [7, 11) is 3.06. The molecule has 0 aliphatic rings. The summed E-state index contributed by atoms with van der Waals surface area (Å²) in [4.78, 5) is 36.9. The maximum Gasteiger partial charge on any atom is 0.271 e. The first-order chi connectivity index (χ1) is 12.4. The van der Waals surface area contributed by atoms with E-state index < -0.39 is 5.91 Å². The Morgan fingerprint density at radius 1 is 1.38 bits per heavy atom. The van der Waals surface area contributed by atoms with Crippen molar-refractivity contribution in [3.8, 4) is 5.88 Å². The van der Waals surface area contributed by atoms with Crippen LogP contribution in [0.15, 0.2) is 21.5 Å². The summed E-state index contributed by atoms with van der Waals surface area (Å²) in [6.45, 7) is 2.03. The highest BCUT2D eigenvalue weighted by Crippen LogP contribution is 2.35. The van der Waals surface area contributed by atoms with Gasteiger partial charge in [0.25, 0.3) is 11.5 Å². The molecule has 0 unspecified atom stereocenters. The number of hydrogen-bond donors (Lipinski definition) is 2. The van der Waals surface area contributed by atoms with Crippen molar-refractivity contribution in [1.82, 2.24) is 15.0 Å². The molecule has 0 aliphatic carbocycles. The van der Waals surface area contributed by atoms with Gasteiger partial charge in [-0.05, 0) is 34.5 Å². The molecule has 0 fully saturated rings. The molecule has 0 saturated heterocycles. The molecular formula is C16H15BrN4O4S. The molecule has 0 aromatic carbocycles. The van der Waals surface area contributed by atoms with E-state index in [1.54, 1.807) is 14.0 Å². The third kappa shape index (κ3) is 3.48. The molecule has 10 heteroatoms. The van der Waals surface area contributed by atoms with Gasteiger partial charge in [0.1, 0.15) is 17.1 Å². The molecule has 3 heterocycles. The van der Waals surface area contributed by atoms with Crippen LogP contribution in [-0.2, 0) is 11.3 Å². The SMILES string of the molecule is COCc1nc(OC)c2c(C)c(C(=O)Nc3cc(Br)c[nH]c3=O)sc2n1. The summed E-state index contributed by atoms with van der Waals surface area (Å²) < 4.78 is 11.1. The van der Waals surface area contributed by atoms with E-state index in [4.69, 9.17) is 9.47 Å². The maximum atomic E-state index is 12.7. The number of aryl methyl sites for hydroxylation is 1. The molecular weight excluding hydrogens is 424 g/mol. The van der Waals surface area contributed by atoms with Crippen molar-refractivity contribution < 1.29 is 14.3 Å². The van der Waals surface area contributed by atoms with Crippen LogP contribution in [0.5, 0.6) is 5.88 Å². The Labute approximate surface area is 160 Å². The Morgan fingerprint density at radius 3 is 2.85 bits per heavy atom. The van der Waals surface area contributed by atoms with Crippen LogP contribution in [0.3, 0.4) is 0 Å². The lowest BCUT2D eigenvalue weighted by atomic mass is 10.2. The number of halogens is 1. The molecule has 0 radical (unpaired) electrons. The van der Waals surface area contributed by atoms with Gasteiger partial charge < -0.3 is 19.8 Å². The average Bonchev–Trinajstić information content (AvgIpc) is 2.94. The van der Waals surface area contributed by atoms with Crippen LogP contribution < -0.4 is 15.6 Å². The molecule has 0 saturated carbocycles. The number of carbonyl (C=O) groups is 1. The number of pyridine rings is 1. The number of thiophene rings is 1. The molecule has 8 nitrogen and oxygen atoms in total. The fourth-order valence-corrected chi connectivity index (χ4v) is 3.86. The van der Waals surface area contributed by atoms with Crippen molar-refractivity contribution >= 4 is 49.1 Å². The minimum atomic E-state index is -0.399. The van der Waals surface area contributed by atoms with Crippen LogP contribution in [-0.4, -0.2) is 35.1 Å². The molecule has 3 rings (SSSR count). The second-order valence-electron chi connectivity index (χ2n) is 5.33. The summed E-state index contributed by atoms with van der Waals surface area (Å²) in [5, 5.41) is 3.30. The van der Waals surface area contributed by atoms with E-state index in [0.29, 0.717) is 36.8 Å². The van der Waals surface area contributed by atoms with Crippen molar-refractivity contribution in [1.29, 1.82) is 0 Å². The Balaban J connectivity index is 2.04. The van der Waals surface area contributed by atoms with E-state index in [1.165, 1.54) is 30.7 Å². The second kappa shape index (κ2) is 7.52. The molecule has 1 amide bonds. The first-order valence-electron chi connectivity index (χ1n) is 7.47. The number of anilines is 1. The van der Waals surface area contributed by atoms with E-state index >= 15 is 0 Å². The van der Waals surface area contributed by atoms with Gasteiger partial charge in [-0.25, -0.2) is 4.98 Å².